The molecule has 0 fully saturated rings. The van der Waals surface area contributed by atoms with Crippen LogP contribution in [0.1, 0.15) is 33.3 Å². The third-order valence-electron chi connectivity index (χ3n) is 4.48. The summed E-state index contributed by atoms with van der Waals surface area (Å²) in [6.45, 7) is 0.708. The average Bonchev–Trinajstić information content (AvgIpc) is 3.04. The summed E-state index contributed by atoms with van der Waals surface area (Å²) in [5.41, 5.74) is 2.99. The number of hydrogen-bond acceptors (Lipinski definition) is 4. The third kappa shape index (κ3) is 3.05. The smallest absolute Gasteiger partial charge is 0.265 e. The SMILES string of the molecule is CN1CCC(c2ccc(Cl)cc2)c2nc(-c3ccncc3)sc2C1=O. The lowest BCUT2D eigenvalue weighted by atomic mass is 9.92. The number of thiazole rings is 1. The van der Waals surface area contributed by atoms with E-state index in [-0.39, 0.29) is 11.8 Å². The van der Waals surface area contributed by atoms with Crippen molar-refractivity contribution in [2.75, 3.05) is 13.6 Å². The van der Waals surface area contributed by atoms with Crippen molar-refractivity contribution in [3.05, 3.63) is 69.9 Å². The number of benzene rings is 1. The lowest BCUT2D eigenvalue weighted by molar-refractivity contribution is 0.0804. The Morgan fingerprint density at radius 3 is 2.60 bits per heavy atom. The van der Waals surface area contributed by atoms with E-state index < -0.39 is 0 Å². The maximum atomic E-state index is 12.8. The Morgan fingerprint density at radius 1 is 1.16 bits per heavy atom. The van der Waals surface area contributed by atoms with Gasteiger partial charge in [0.2, 0.25) is 0 Å². The number of amides is 1. The molecule has 126 valence electrons. The highest BCUT2D eigenvalue weighted by atomic mass is 35.5. The summed E-state index contributed by atoms with van der Waals surface area (Å²) in [6, 6.07) is 11.7. The fraction of sp³-hybridized carbons (Fsp3) is 0.211. The maximum Gasteiger partial charge on any atom is 0.265 e. The van der Waals surface area contributed by atoms with Crippen LogP contribution in [0, 0.1) is 0 Å². The topological polar surface area (TPSA) is 46.1 Å². The molecule has 3 aromatic rings. The van der Waals surface area contributed by atoms with Crippen LogP contribution in [-0.4, -0.2) is 34.4 Å². The molecule has 25 heavy (non-hydrogen) atoms. The minimum Gasteiger partial charge on any atom is -0.341 e. The molecule has 0 radical (unpaired) electrons. The standard InChI is InChI=1S/C19H16ClN3OS/c1-23-11-8-15(12-2-4-14(20)5-3-12)16-17(19(23)24)25-18(22-16)13-6-9-21-10-7-13/h2-7,9-10,15H,8,11H2,1H3. The Kier molecular flexibility index (Phi) is 4.27. The Morgan fingerprint density at radius 2 is 1.88 bits per heavy atom. The van der Waals surface area contributed by atoms with Crippen molar-refractivity contribution in [2.24, 2.45) is 0 Å². The van der Waals surface area contributed by atoms with Crippen LogP contribution in [0.5, 0.6) is 0 Å². The molecule has 1 unspecified atom stereocenters. The number of fused-ring (bicyclic) bond motifs is 1. The van der Waals surface area contributed by atoms with Crippen LogP contribution in [0.4, 0.5) is 0 Å². The molecular weight excluding hydrogens is 354 g/mol. The van der Waals surface area contributed by atoms with Crippen molar-refractivity contribution >= 4 is 28.8 Å². The van der Waals surface area contributed by atoms with E-state index in [0.29, 0.717) is 11.6 Å². The highest BCUT2D eigenvalue weighted by Crippen LogP contribution is 2.39. The molecule has 0 bridgehead atoms. The Labute approximate surface area is 155 Å². The summed E-state index contributed by atoms with van der Waals surface area (Å²) >= 11 is 7.49. The number of rotatable bonds is 2. The van der Waals surface area contributed by atoms with E-state index in [9.17, 15) is 4.79 Å². The molecule has 6 heteroatoms. The van der Waals surface area contributed by atoms with Gasteiger partial charge < -0.3 is 4.90 Å². The normalized spacial score (nSPS) is 17.3. The van der Waals surface area contributed by atoms with E-state index in [0.717, 1.165) is 33.1 Å². The van der Waals surface area contributed by atoms with Crippen LogP contribution in [0.15, 0.2) is 48.8 Å². The van der Waals surface area contributed by atoms with Crippen LogP contribution >= 0.6 is 22.9 Å². The molecule has 0 aliphatic carbocycles. The number of halogens is 1. The van der Waals surface area contributed by atoms with Gasteiger partial charge in [-0.1, -0.05) is 23.7 Å². The monoisotopic (exact) mass is 369 g/mol. The second kappa shape index (κ2) is 6.58. The van der Waals surface area contributed by atoms with E-state index in [1.807, 2.05) is 43.4 Å². The van der Waals surface area contributed by atoms with Gasteiger partial charge in [-0.05, 0) is 36.2 Å². The molecule has 1 aliphatic rings. The zero-order valence-electron chi connectivity index (χ0n) is 13.6. The number of carbonyl (C=O) groups is 1. The summed E-state index contributed by atoms with van der Waals surface area (Å²) < 4.78 is 0. The molecule has 1 aliphatic heterocycles. The van der Waals surface area contributed by atoms with E-state index >= 15 is 0 Å². The van der Waals surface area contributed by atoms with Crippen LogP contribution in [-0.2, 0) is 0 Å². The molecule has 4 rings (SSSR count). The second-order valence-electron chi connectivity index (χ2n) is 6.09. The summed E-state index contributed by atoms with van der Waals surface area (Å²) in [5.74, 6) is 0.136. The van der Waals surface area contributed by atoms with Crippen molar-refractivity contribution < 1.29 is 4.79 Å². The van der Waals surface area contributed by atoms with Crippen molar-refractivity contribution in [1.29, 1.82) is 0 Å². The lowest BCUT2D eigenvalue weighted by Gasteiger charge is -2.16. The molecule has 0 saturated heterocycles. The van der Waals surface area contributed by atoms with Gasteiger partial charge in [0, 0.05) is 42.5 Å². The molecule has 0 saturated carbocycles. The first-order valence-electron chi connectivity index (χ1n) is 8.05. The molecule has 0 N–H and O–H groups in total. The average molecular weight is 370 g/mol. The first kappa shape index (κ1) is 16.2. The number of carbonyl (C=O) groups excluding carboxylic acids is 1. The summed E-state index contributed by atoms with van der Waals surface area (Å²) in [7, 11) is 1.85. The van der Waals surface area contributed by atoms with E-state index in [4.69, 9.17) is 16.6 Å². The van der Waals surface area contributed by atoms with E-state index in [2.05, 4.69) is 4.98 Å². The van der Waals surface area contributed by atoms with Gasteiger partial charge in [0.1, 0.15) is 9.88 Å². The highest BCUT2D eigenvalue weighted by molar-refractivity contribution is 7.17. The highest BCUT2D eigenvalue weighted by Gasteiger charge is 2.31. The minimum atomic E-state index is 0.0456. The van der Waals surface area contributed by atoms with Crippen molar-refractivity contribution in [2.45, 2.75) is 12.3 Å². The van der Waals surface area contributed by atoms with Crippen LogP contribution < -0.4 is 0 Å². The Bertz CT molecular complexity index is 908. The first-order chi connectivity index (χ1) is 12.1. The number of pyridine rings is 1. The number of aromatic nitrogens is 2. The van der Waals surface area contributed by atoms with Gasteiger partial charge >= 0.3 is 0 Å². The van der Waals surface area contributed by atoms with Crippen molar-refractivity contribution in [3.8, 4) is 10.6 Å². The fourth-order valence-electron chi connectivity index (χ4n) is 3.09. The van der Waals surface area contributed by atoms with Gasteiger partial charge in [-0.3, -0.25) is 9.78 Å². The zero-order chi connectivity index (χ0) is 17.4. The molecule has 4 nitrogen and oxygen atoms in total. The van der Waals surface area contributed by atoms with Crippen molar-refractivity contribution in [1.82, 2.24) is 14.9 Å². The molecular formula is C19H16ClN3OS. The lowest BCUT2D eigenvalue weighted by Crippen LogP contribution is -2.25. The van der Waals surface area contributed by atoms with Crippen LogP contribution in [0.3, 0.4) is 0 Å². The second-order valence-corrected chi connectivity index (χ2v) is 7.52. The molecule has 1 aromatic carbocycles. The third-order valence-corrected chi connectivity index (χ3v) is 5.84. The van der Waals surface area contributed by atoms with Gasteiger partial charge in [-0.2, -0.15) is 0 Å². The van der Waals surface area contributed by atoms with Crippen LogP contribution in [0.25, 0.3) is 10.6 Å². The summed E-state index contributed by atoms with van der Waals surface area (Å²) in [5, 5.41) is 1.57. The first-order valence-corrected chi connectivity index (χ1v) is 9.25. The fourth-order valence-corrected chi connectivity index (χ4v) is 4.35. The molecule has 1 atom stereocenters. The summed E-state index contributed by atoms with van der Waals surface area (Å²) in [4.78, 5) is 24.2. The Balaban J connectivity index is 1.84. The van der Waals surface area contributed by atoms with Gasteiger partial charge in [0.15, 0.2) is 0 Å². The molecule has 1 amide bonds. The largest absolute Gasteiger partial charge is 0.341 e. The van der Waals surface area contributed by atoms with Gasteiger partial charge in [-0.15, -0.1) is 11.3 Å². The van der Waals surface area contributed by atoms with E-state index in [1.54, 1.807) is 17.3 Å². The predicted octanol–water partition coefficient (Wildman–Crippen LogP) is 4.47. The molecule has 2 aromatic heterocycles. The number of hydrogen-bond donors (Lipinski definition) is 0. The number of nitrogens with zero attached hydrogens (tertiary/aromatic N) is 3. The van der Waals surface area contributed by atoms with Crippen LogP contribution in [0.2, 0.25) is 5.02 Å². The molecule has 3 heterocycles. The zero-order valence-corrected chi connectivity index (χ0v) is 15.2. The van der Waals surface area contributed by atoms with E-state index in [1.165, 1.54) is 11.3 Å². The quantitative estimate of drug-likeness (QED) is 0.669. The van der Waals surface area contributed by atoms with Crippen molar-refractivity contribution in [3.63, 3.8) is 0 Å². The predicted molar refractivity (Wildman–Crippen MR) is 100 cm³/mol. The minimum absolute atomic E-state index is 0.0456. The van der Waals surface area contributed by atoms with Gasteiger partial charge in [0.25, 0.3) is 5.91 Å². The van der Waals surface area contributed by atoms with Gasteiger partial charge in [-0.25, -0.2) is 4.98 Å². The Hall–Kier alpha value is -2.24. The maximum absolute atomic E-state index is 12.8. The summed E-state index contributed by atoms with van der Waals surface area (Å²) in [6.07, 6.45) is 4.33. The van der Waals surface area contributed by atoms with Gasteiger partial charge in [0.05, 0.1) is 5.69 Å². The molecule has 0 spiro atoms.